The van der Waals surface area contributed by atoms with Gasteiger partial charge in [-0.25, -0.2) is 4.98 Å². The molecule has 2 aromatic rings. The van der Waals surface area contributed by atoms with Crippen molar-refractivity contribution in [1.82, 2.24) is 4.98 Å². The molecule has 0 fully saturated rings. The van der Waals surface area contributed by atoms with Crippen molar-refractivity contribution in [3.8, 4) is 5.75 Å². The molecule has 9 heteroatoms. The number of aromatic nitrogens is 1. The molecule has 2 rings (SSSR count). The van der Waals surface area contributed by atoms with E-state index in [0.29, 0.717) is 10.8 Å². The molecule has 1 aromatic carbocycles. The standard InChI is InChI=1S/C15H14F2N2O4S/c1-2-22-12(20)7-10-8-24-15(18-10)19-13(21)9-3-5-11(6-4-9)23-14(16)17/h3-6,8,14H,2,7H2,1H3,(H,18,19,21). The Morgan fingerprint density at radius 2 is 2.00 bits per heavy atom. The van der Waals surface area contributed by atoms with Gasteiger partial charge in [0.15, 0.2) is 5.13 Å². The number of halogens is 2. The summed E-state index contributed by atoms with van der Waals surface area (Å²) in [4.78, 5) is 27.5. The summed E-state index contributed by atoms with van der Waals surface area (Å²) in [5.41, 5.74) is 0.758. The zero-order valence-corrected chi connectivity index (χ0v) is 13.4. The Balaban J connectivity index is 1.94. The number of benzene rings is 1. The Hall–Kier alpha value is -2.55. The first-order valence-electron chi connectivity index (χ1n) is 6.94. The number of nitrogens with zero attached hydrogens (tertiary/aromatic N) is 1. The Labute approximate surface area is 140 Å². The Morgan fingerprint density at radius 1 is 1.29 bits per heavy atom. The van der Waals surface area contributed by atoms with Gasteiger partial charge in [0, 0.05) is 10.9 Å². The van der Waals surface area contributed by atoms with E-state index in [1.165, 1.54) is 35.6 Å². The molecule has 0 aliphatic carbocycles. The minimum Gasteiger partial charge on any atom is -0.466 e. The molecule has 24 heavy (non-hydrogen) atoms. The largest absolute Gasteiger partial charge is 0.466 e. The molecule has 1 N–H and O–H groups in total. The lowest BCUT2D eigenvalue weighted by molar-refractivity contribution is -0.142. The van der Waals surface area contributed by atoms with Gasteiger partial charge in [0.1, 0.15) is 5.75 Å². The van der Waals surface area contributed by atoms with Crippen LogP contribution < -0.4 is 10.1 Å². The van der Waals surface area contributed by atoms with Crippen LogP contribution in [0.3, 0.4) is 0 Å². The summed E-state index contributed by atoms with van der Waals surface area (Å²) in [6.07, 6.45) is 0.0277. The molecule has 0 spiro atoms. The van der Waals surface area contributed by atoms with Crippen molar-refractivity contribution in [2.24, 2.45) is 0 Å². The van der Waals surface area contributed by atoms with Crippen molar-refractivity contribution in [3.05, 3.63) is 40.9 Å². The van der Waals surface area contributed by atoms with Gasteiger partial charge in [0.2, 0.25) is 0 Å². The molecule has 0 saturated carbocycles. The second-order valence-corrected chi connectivity index (χ2v) is 5.34. The molecule has 1 aromatic heterocycles. The van der Waals surface area contributed by atoms with Gasteiger partial charge in [-0.05, 0) is 31.2 Å². The third kappa shape index (κ3) is 5.27. The van der Waals surface area contributed by atoms with E-state index < -0.39 is 18.5 Å². The third-order valence-electron chi connectivity index (χ3n) is 2.74. The van der Waals surface area contributed by atoms with Crippen LogP contribution in [0, 0.1) is 0 Å². The van der Waals surface area contributed by atoms with E-state index >= 15 is 0 Å². The number of amides is 1. The molecule has 1 amide bonds. The second-order valence-electron chi connectivity index (χ2n) is 4.48. The molecule has 0 saturated heterocycles. The van der Waals surface area contributed by atoms with Crippen LogP contribution in [0.2, 0.25) is 0 Å². The van der Waals surface area contributed by atoms with E-state index in [9.17, 15) is 18.4 Å². The fourth-order valence-corrected chi connectivity index (χ4v) is 2.47. The number of rotatable bonds is 7. The third-order valence-corrected chi connectivity index (χ3v) is 3.55. The highest BCUT2D eigenvalue weighted by molar-refractivity contribution is 7.14. The minimum absolute atomic E-state index is 0.0277. The number of thiazole rings is 1. The highest BCUT2D eigenvalue weighted by Gasteiger charge is 2.12. The molecule has 0 aliphatic rings. The first-order chi connectivity index (χ1) is 11.5. The van der Waals surface area contributed by atoms with Crippen molar-refractivity contribution in [2.75, 3.05) is 11.9 Å². The number of carbonyl (C=O) groups is 2. The highest BCUT2D eigenvalue weighted by atomic mass is 32.1. The molecule has 0 atom stereocenters. The van der Waals surface area contributed by atoms with Gasteiger partial charge in [-0.1, -0.05) is 0 Å². The monoisotopic (exact) mass is 356 g/mol. The first kappa shape index (κ1) is 17.8. The smallest absolute Gasteiger partial charge is 0.387 e. The number of anilines is 1. The molecule has 0 bridgehead atoms. The average Bonchev–Trinajstić information content (AvgIpc) is 2.94. The lowest BCUT2D eigenvalue weighted by Crippen LogP contribution is -2.12. The Morgan fingerprint density at radius 3 is 2.62 bits per heavy atom. The van der Waals surface area contributed by atoms with Crippen LogP contribution in [0.1, 0.15) is 23.0 Å². The maximum absolute atomic E-state index is 12.1. The van der Waals surface area contributed by atoms with Gasteiger partial charge >= 0.3 is 12.6 Å². The van der Waals surface area contributed by atoms with E-state index in [1.807, 2.05) is 0 Å². The van der Waals surface area contributed by atoms with E-state index in [1.54, 1.807) is 12.3 Å². The number of esters is 1. The molecule has 1 heterocycles. The zero-order chi connectivity index (χ0) is 17.5. The average molecular weight is 356 g/mol. The normalized spacial score (nSPS) is 10.5. The van der Waals surface area contributed by atoms with Crippen molar-refractivity contribution in [3.63, 3.8) is 0 Å². The van der Waals surface area contributed by atoms with E-state index in [-0.39, 0.29) is 24.3 Å². The van der Waals surface area contributed by atoms with Crippen LogP contribution in [0.25, 0.3) is 0 Å². The van der Waals surface area contributed by atoms with Gasteiger partial charge in [-0.2, -0.15) is 8.78 Å². The predicted molar refractivity (Wildman–Crippen MR) is 83.5 cm³/mol. The maximum atomic E-state index is 12.1. The summed E-state index contributed by atoms with van der Waals surface area (Å²) in [5, 5.41) is 4.54. The summed E-state index contributed by atoms with van der Waals surface area (Å²) in [6, 6.07) is 5.27. The fraction of sp³-hybridized carbons (Fsp3) is 0.267. The summed E-state index contributed by atoms with van der Waals surface area (Å²) >= 11 is 1.17. The van der Waals surface area contributed by atoms with Crippen molar-refractivity contribution in [1.29, 1.82) is 0 Å². The number of hydrogen-bond acceptors (Lipinski definition) is 6. The zero-order valence-electron chi connectivity index (χ0n) is 12.6. The van der Waals surface area contributed by atoms with Crippen LogP contribution in [-0.2, 0) is 16.0 Å². The molecule has 0 unspecified atom stereocenters. The lowest BCUT2D eigenvalue weighted by atomic mass is 10.2. The van der Waals surface area contributed by atoms with Gasteiger partial charge < -0.3 is 9.47 Å². The quantitative estimate of drug-likeness (QED) is 0.772. The molecule has 0 aliphatic heterocycles. The fourth-order valence-electron chi connectivity index (χ4n) is 1.76. The summed E-state index contributed by atoms with van der Waals surface area (Å²) in [5.74, 6) is -0.876. The number of ether oxygens (including phenoxy) is 2. The van der Waals surface area contributed by atoms with E-state index in [0.717, 1.165) is 0 Å². The van der Waals surface area contributed by atoms with Gasteiger partial charge in [0.05, 0.1) is 18.7 Å². The van der Waals surface area contributed by atoms with Crippen LogP contribution in [0.4, 0.5) is 13.9 Å². The Bertz CT molecular complexity index is 704. The maximum Gasteiger partial charge on any atom is 0.387 e. The molecule has 6 nitrogen and oxygen atoms in total. The van der Waals surface area contributed by atoms with Crippen molar-refractivity contribution >= 4 is 28.3 Å². The first-order valence-corrected chi connectivity index (χ1v) is 7.82. The molecule has 0 radical (unpaired) electrons. The Kier molecular flexibility index (Phi) is 6.19. The van der Waals surface area contributed by atoms with Crippen molar-refractivity contribution < 1.29 is 27.8 Å². The highest BCUT2D eigenvalue weighted by Crippen LogP contribution is 2.19. The van der Waals surface area contributed by atoms with E-state index in [2.05, 4.69) is 15.0 Å². The van der Waals surface area contributed by atoms with Crippen LogP contribution >= 0.6 is 11.3 Å². The van der Waals surface area contributed by atoms with Gasteiger partial charge in [0.25, 0.3) is 5.91 Å². The topological polar surface area (TPSA) is 77.5 Å². The lowest BCUT2D eigenvalue weighted by Gasteiger charge is -2.05. The minimum atomic E-state index is -2.92. The predicted octanol–water partition coefficient (Wildman–Crippen LogP) is 3.10. The molecular weight excluding hydrogens is 342 g/mol. The number of nitrogens with one attached hydrogen (secondary N) is 1. The summed E-state index contributed by atoms with van der Waals surface area (Å²) in [6.45, 7) is -0.919. The second kappa shape index (κ2) is 8.34. The molecule has 128 valence electrons. The number of alkyl halides is 2. The van der Waals surface area contributed by atoms with Crippen LogP contribution in [0.15, 0.2) is 29.6 Å². The summed E-state index contributed by atoms with van der Waals surface area (Å²) < 4.78 is 33.2. The summed E-state index contributed by atoms with van der Waals surface area (Å²) in [7, 11) is 0. The number of hydrogen-bond donors (Lipinski definition) is 1. The SMILES string of the molecule is CCOC(=O)Cc1csc(NC(=O)c2ccc(OC(F)F)cc2)n1. The molecular formula is C15H14F2N2O4S. The van der Waals surface area contributed by atoms with Crippen LogP contribution in [-0.4, -0.2) is 30.1 Å². The van der Waals surface area contributed by atoms with Crippen molar-refractivity contribution in [2.45, 2.75) is 20.0 Å². The van der Waals surface area contributed by atoms with E-state index in [4.69, 9.17) is 4.74 Å². The number of carbonyl (C=O) groups excluding carboxylic acids is 2. The van der Waals surface area contributed by atoms with Gasteiger partial charge in [-0.15, -0.1) is 11.3 Å². The van der Waals surface area contributed by atoms with Gasteiger partial charge in [-0.3, -0.25) is 14.9 Å². The van der Waals surface area contributed by atoms with Crippen LogP contribution in [0.5, 0.6) is 5.75 Å².